The molecule has 7 heteroatoms. The van der Waals surface area contributed by atoms with E-state index >= 15 is 0 Å². The first-order chi connectivity index (χ1) is 17.2. The summed E-state index contributed by atoms with van der Waals surface area (Å²) in [7, 11) is 0. The number of benzene rings is 2. The van der Waals surface area contributed by atoms with Crippen molar-refractivity contribution in [3.8, 4) is 0 Å². The van der Waals surface area contributed by atoms with Crippen molar-refractivity contribution >= 4 is 22.5 Å². The molecular weight excluding hydrogens is 443 g/mol. The number of carbonyl (C=O) groups excluding carboxylic acids is 1. The molecule has 4 heterocycles. The number of fused-ring (bicyclic) bond motifs is 2. The number of nitrogens with zero attached hydrogens (tertiary/aromatic N) is 2. The van der Waals surface area contributed by atoms with E-state index in [0.717, 1.165) is 49.4 Å². The van der Waals surface area contributed by atoms with Gasteiger partial charge in [0.2, 0.25) is 0 Å². The summed E-state index contributed by atoms with van der Waals surface area (Å²) in [5.74, 6) is 1.03. The van der Waals surface area contributed by atoms with Gasteiger partial charge in [0.05, 0.1) is 19.3 Å². The van der Waals surface area contributed by atoms with Gasteiger partial charge in [-0.15, -0.1) is 0 Å². The van der Waals surface area contributed by atoms with Crippen molar-refractivity contribution in [3.63, 3.8) is 0 Å². The first-order valence-corrected chi connectivity index (χ1v) is 12.9. The number of amides is 1. The Morgan fingerprint density at radius 3 is 2.83 bits per heavy atom. The number of hydrogen-bond acceptors (Lipinski definition) is 4. The van der Waals surface area contributed by atoms with E-state index < -0.39 is 0 Å². The number of piperidine rings is 1. The van der Waals surface area contributed by atoms with Crippen LogP contribution in [0.2, 0.25) is 0 Å². The zero-order chi connectivity index (χ0) is 23.8. The molecule has 3 aromatic rings. The van der Waals surface area contributed by atoms with Crippen LogP contribution >= 0.6 is 0 Å². The van der Waals surface area contributed by atoms with Crippen LogP contribution in [0.25, 0.3) is 10.9 Å². The molecule has 0 aliphatic carbocycles. The van der Waals surface area contributed by atoms with Crippen LogP contribution in [0.15, 0.2) is 48.5 Å². The van der Waals surface area contributed by atoms with Crippen molar-refractivity contribution in [2.75, 3.05) is 51.3 Å². The molecule has 2 saturated heterocycles. The van der Waals surface area contributed by atoms with Gasteiger partial charge in [-0.25, -0.2) is 4.39 Å². The van der Waals surface area contributed by atoms with Gasteiger partial charge in [-0.05, 0) is 74.2 Å². The number of anilines is 1. The molecule has 1 aromatic heterocycles. The van der Waals surface area contributed by atoms with Crippen LogP contribution in [0.1, 0.15) is 41.2 Å². The number of aromatic nitrogens is 1. The molecule has 0 radical (unpaired) electrons. The smallest absolute Gasteiger partial charge is 0.270 e. The summed E-state index contributed by atoms with van der Waals surface area (Å²) in [6.07, 6.45) is 3.34. The highest BCUT2D eigenvalue weighted by Gasteiger charge is 2.33. The molecule has 1 unspecified atom stereocenters. The van der Waals surface area contributed by atoms with Crippen molar-refractivity contribution < 1.29 is 13.9 Å². The predicted molar refractivity (Wildman–Crippen MR) is 135 cm³/mol. The lowest BCUT2D eigenvalue weighted by Gasteiger charge is -2.38. The van der Waals surface area contributed by atoms with E-state index in [0.29, 0.717) is 31.4 Å². The van der Waals surface area contributed by atoms with E-state index in [1.807, 2.05) is 4.90 Å². The molecule has 3 aliphatic heterocycles. The van der Waals surface area contributed by atoms with Crippen LogP contribution < -0.4 is 5.32 Å². The molecule has 3 aliphatic rings. The number of hydrogen-bond donors (Lipinski definition) is 2. The fraction of sp³-hybridized carbons (Fsp3) is 0.464. The molecule has 0 saturated carbocycles. The number of halogens is 1. The van der Waals surface area contributed by atoms with Gasteiger partial charge in [-0.2, -0.15) is 0 Å². The van der Waals surface area contributed by atoms with E-state index in [9.17, 15) is 9.18 Å². The molecule has 6 rings (SSSR count). The molecule has 1 amide bonds. The summed E-state index contributed by atoms with van der Waals surface area (Å²) in [5.41, 5.74) is 4.09. The number of carbonyl (C=O) groups is 1. The van der Waals surface area contributed by atoms with E-state index in [1.54, 1.807) is 12.1 Å². The average Bonchev–Trinajstić information content (AvgIpc) is 3.52. The number of nitrogens with one attached hydrogen (secondary N) is 2. The predicted octanol–water partition coefficient (Wildman–Crippen LogP) is 4.46. The summed E-state index contributed by atoms with van der Waals surface area (Å²) < 4.78 is 19.3. The largest absolute Gasteiger partial charge is 0.384 e. The number of morpholine rings is 1. The van der Waals surface area contributed by atoms with Crippen LogP contribution in [0.3, 0.4) is 0 Å². The number of para-hydroxylation sites is 1. The Balaban J connectivity index is 1.05. The molecule has 184 valence electrons. The first-order valence-electron chi connectivity index (χ1n) is 12.9. The lowest BCUT2D eigenvalue weighted by atomic mass is 9.81. The van der Waals surface area contributed by atoms with Crippen LogP contribution in [0.4, 0.5) is 10.1 Å². The fourth-order valence-corrected chi connectivity index (χ4v) is 6.18. The van der Waals surface area contributed by atoms with E-state index in [-0.39, 0.29) is 17.8 Å². The third-order valence-electron chi connectivity index (χ3n) is 8.15. The summed E-state index contributed by atoms with van der Waals surface area (Å²) in [4.78, 5) is 21.0. The van der Waals surface area contributed by atoms with Gasteiger partial charge >= 0.3 is 0 Å². The second-order valence-corrected chi connectivity index (χ2v) is 10.2. The highest BCUT2D eigenvalue weighted by atomic mass is 19.1. The minimum absolute atomic E-state index is 0.0268. The number of rotatable bonds is 5. The fourth-order valence-electron chi connectivity index (χ4n) is 6.18. The molecule has 35 heavy (non-hydrogen) atoms. The second-order valence-electron chi connectivity index (χ2n) is 10.2. The molecule has 2 fully saturated rings. The Labute approximate surface area is 205 Å². The van der Waals surface area contributed by atoms with Crippen LogP contribution in [-0.4, -0.2) is 72.7 Å². The molecule has 0 spiro atoms. The standard InChI is InChI=1S/C28H33FN4O2/c29-21-5-6-25-20(15-21)16-27(31-25)28(34)33-13-14-35-18-22(33)9-12-32-10-7-19(8-11-32)24-17-30-26-4-2-1-3-23(24)26/h1-6,15-16,19,22,24,30-31H,7-14,17-18H2/t22-,24?/m1/s1. The maximum Gasteiger partial charge on any atom is 0.270 e. The second kappa shape index (κ2) is 9.63. The quantitative estimate of drug-likeness (QED) is 0.571. The SMILES string of the molecule is O=C(c1cc2cc(F)ccc2[nH]1)N1CCOC[C@H]1CCN1CCC(C2CNc3ccccc32)CC1. The number of H-pyrrole nitrogens is 1. The average molecular weight is 477 g/mol. The minimum atomic E-state index is -0.295. The van der Waals surface area contributed by atoms with Crippen molar-refractivity contribution in [2.45, 2.75) is 31.2 Å². The Bertz CT molecular complexity index is 1200. The van der Waals surface area contributed by atoms with Gasteiger partial charge in [-0.1, -0.05) is 18.2 Å². The van der Waals surface area contributed by atoms with Gasteiger partial charge in [0, 0.05) is 42.1 Å². The van der Waals surface area contributed by atoms with Gasteiger partial charge in [-0.3, -0.25) is 4.79 Å². The molecule has 2 N–H and O–H groups in total. The molecule has 6 nitrogen and oxygen atoms in total. The van der Waals surface area contributed by atoms with Crippen molar-refractivity contribution in [3.05, 3.63) is 65.6 Å². The monoisotopic (exact) mass is 476 g/mol. The van der Waals surface area contributed by atoms with Gasteiger partial charge < -0.3 is 24.8 Å². The van der Waals surface area contributed by atoms with Gasteiger partial charge in [0.15, 0.2) is 0 Å². The molecule has 2 atom stereocenters. The van der Waals surface area contributed by atoms with Crippen LogP contribution in [0, 0.1) is 11.7 Å². The van der Waals surface area contributed by atoms with Crippen LogP contribution in [-0.2, 0) is 4.74 Å². The van der Waals surface area contributed by atoms with Crippen LogP contribution in [0.5, 0.6) is 0 Å². The zero-order valence-electron chi connectivity index (χ0n) is 20.0. The van der Waals surface area contributed by atoms with E-state index in [1.165, 1.54) is 36.2 Å². The highest BCUT2D eigenvalue weighted by molar-refractivity contribution is 5.98. The molecular formula is C28H33FN4O2. The summed E-state index contributed by atoms with van der Waals surface area (Å²) in [6, 6.07) is 15.1. The molecule has 2 aromatic carbocycles. The Hall–Kier alpha value is -2.90. The Morgan fingerprint density at radius 2 is 1.94 bits per heavy atom. The maximum absolute atomic E-state index is 13.6. The summed E-state index contributed by atoms with van der Waals surface area (Å²) in [6.45, 7) is 5.96. The normalized spacial score (nSPS) is 23.4. The number of ether oxygens (including phenoxy) is 1. The van der Waals surface area contributed by atoms with Crippen molar-refractivity contribution in [1.82, 2.24) is 14.8 Å². The molecule has 0 bridgehead atoms. The van der Waals surface area contributed by atoms with Crippen molar-refractivity contribution in [1.29, 1.82) is 0 Å². The van der Waals surface area contributed by atoms with E-state index in [2.05, 4.69) is 39.5 Å². The van der Waals surface area contributed by atoms with Gasteiger partial charge in [0.1, 0.15) is 11.5 Å². The maximum atomic E-state index is 13.6. The Kier molecular flexibility index (Phi) is 6.20. The van der Waals surface area contributed by atoms with E-state index in [4.69, 9.17) is 4.74 Å². The number of likely N-dealkylation sites (tertiary alicyclic amines) is 1. The summed E-state index contributed by atoms with van der Waals surface area (Å²) >= 11 is 0. The lowest BCUT2D eigenvalue weighted by molar-refractivity contribution is -0.00784. The first kappa shape index (κ1) is 22.6. The highest BCUT2D eigenvalue weighted by Crippen LogP contribution is 2.40. The zero-order valence-corrected chi connectivity index (χ0v) is 20.0. The summed E-state index contributed by atoms with van der Waals surface area (Å²) in [5, 5.41) is 4.30. The third-order valence-corrected chi connectivity index (χ3v) is 8.15. The topological polar surface area (TPSA) is 60.6 Å². The third kappa shape index (κ3) is 4.55. The Morgan fingerprint density at radius 1 is 1.09 bits per heavy atom. The minimum Gasteiger partial charge on any atom is -0.384 e. The lowest BCUT2D eigenvalue weighted by Crippen LogP contribution is -2.50. The number of aromatic amines is 1. The van der Waals surface area contributed by atoms with Gasteiger partial charge in [0.25, 0.3) is 5.91 Å². The van der Waals surface area contributed by atoms with Crippen molar-refractivity contribution in [2.24, 2.45) is 5.92 Å².